The molecule has 0 saturated heterocycles. The molecule has 4 nitrogen and oxygen atoms in total. The van der Waals surface area contributed by atoms with Crippen molar-refractivity contribution >= 4 is 5.97 Å². The van der Waals surface area contributed by atoms with Crippen molar-refractivity contribution in [2.24, 2.45) is 0 Å². The van der Waals surface area contributed by atoms with Crippen LogP contribution in [-0.2, 0) is 16.1 Å². The molecule has 0 aliphatic rings. The maximum Gasteiger partial charge on any atom is 0.333 e. The summed E-state index contributed by atoms with van der Waals surface area (Å²) in [6.07, 6.45) is 0.777. The van der Waals surface area contributed by atoms with Crippen LogP contribution in [0.5, 0.6) is 5.75 Å². The van der Waals surface area contributed by atoms with Gasteiger partial charge >= 0.3 is 5.97 Å². The predicted molar refractivity (Wildman–Crippen MR) is 79.2 cm³/mol. The molecule has 0 bridgehead atoms. The summed E-state index contributed by atoms with van der Waals surface area (Å²) in [5.74, 6) is -0.0107. The lowest BCUT2D eigenvalue weighted by Gasteiger charge is -2.30. The molecule has 1 aromatic carbocycles. The Morgan fingerprint density at radius 2 is 2.00 bits per heavy atom. The number of carbonyl (C=O) groups excluding carboxylic acids is 1. The molecule has 1 N–H and O–H groups in total. The van der Waals surface area contributed by atoms with Gasteiger partial charge in [0.1, 0.15) is 12.3 Å². The summed E-state index contributed by atoms with van der Waals surface area (Å²) < 4.78 is 5.80. The molecule has 0 radical (unpaired) electrons. The minimum atomic E-state index is -0.337. The van der Waals surface area contributed by atoms with E-state index in [0.29, 0.717) is 17.9 Å². The Morgan fingerprint density at radius 1 is 1.35 bits per heavy atom. The van der Waals surface area contributed by atoms with Gasteiger partial charge in [0, 0.05) is 17.6 Å². The van der Waals surface area contributed by atoms with E-state index in [2.05, 4.69) is 20.7 Å². The van der Waals surface area contributed by atoms with Crippen molar-refractivity contribution in [1.82, 2.24) is 0 Å². The lowest BCUT2D eigenvalue weighted by Crippen LogP contribution is -2.40. The van der Waals surface area contributed by atoms with Crippen LogP contribution in [0.25, 0.3) is 0 Å². The Labute approximate surface area is 120 Å². The van der Waals surface area contributed by atoms with Crippen LogP contribution < -0.4 is 0 Å². The monoisotopic (exact) mass is 278 g/mol. The summed E-state index contributed by atoms with van der Waals surface area (Å²) >= 11 is 0. The third-order valence-corrected chi connectivity index (χ3v) is 3.08. The van der Waals surface area contributed by atoms with E-state index < -0.39 is 0 Å². The third kappa shape index (κ3) is 5.45. The first-order valence-corrected chi connectivity index (χ1v) is 6.73. The number of phenols is 1. The highest BCUT2D eigenvalue weighted by molar-refractivity contribution is 5.86. The fraction of sp³-hybridized carbons (Fsp3) is 0.438. The lowest BCUT2D eigenvalue weighted by atomic mass is 10.1. The standard InChI is InChI=1S/C16H23NO3/c1-13(2)16(19)20-11-7-10-17(3,4)12-14-8-5-6-9-15(14)18/h5-6,8-9H,1,7,10-12H2,2-4H3/p+1. The number of ether oxygens (including phenoxy) is 1. The number of benzene rings is 1. The summed E-state index contributed by atoms with van der Waals surface area (Å²) in [6.45, 7) is 7.17. The SMILES string of the molecule is C=C(C)C(=O)OCCC[N+](C)(C)Cc1ccccc1O. The van der Waals surface area contributed by atoms with E-state index in [9.17, 15) is 9.90 Å². The largest absolute Gasteiger partial charge is 0.507 e. The molecule has 0 aliphatic carbocycles. The zero-order valence-corrected chi connectivity index (χ0v) is 12.6. The maximum atomic E-state index is 11.2. The van der Waals surface area contributed by atoms with Crippen LogP contribution in [0.2, 0.25) is 0 Å². The predicted octanol–water partition coefficient (Wildman–Crippen LogP) is 2.48. The summed E-state index contributed by atoms with van der Waals surface area (Å²) in [4.78, 5) is 11.2. The number of nitrogens with zero attached hydrogens (tertiary/aromatic N) is 1. The molecule has 0 spiro atoms. The topological polar surface area (TPSA) is 46.5 Å². The number of rotatable bonds is 7. The highest BCUT2D eigenvalue weighted by atomic mass is 16.5. The number of quaternary nitrogens is 1. The lowest BCUT2D eigenvalue weighted by molar-refractivity contribution is -0.903. The van der Waals surface area contributed by atoms with E-state index >= 15 is 0 Å². The van der Waals surface area contributed by atoms with E-state index in [1.165, 1.54) is 0 Å². The summed E-state index contributed by atoms with van der Waals surface area (Å²) in [7, 11) is 4.18. The Balaban J connectivity index is 2.40. The van der Waals surface area contributed by atoms with Gasteiger partial charge < -0.3 is 14.3 Å². The molecule has 20 heavy (non-hydrogen) atoms. The molecular weight excluding hydrogens is 254 g/mol. The van der Waals surface area contributed by atoms with E-state index in [4.69, 9.17) is 4.74 Å². The number of hydrogen-bond donors (Lipinski definition) is 1. The molecule has 0 amide bonds. The van der Waals surface area contributed by atoms with Gasteiger partial charge in [0.25, 0.3) is 0 Å². The molecule has 4 heteroatoms. The van der Waals surface area contributed by atoms with Gasteiger partial charge in [-0.05, 0) is 19.1 Å². The van der Waals surface area contributed by atoms with Gasteiger partial charge in [0.05, 0.1) is 27.2 Å². The molecule has 1 rings (SSSR count). The van der Waals surface area contributed by atoms with Gasteiger partial charge in [0.15, 0.2) is 0 Å². The first kappa shape index (κ1) is 16.2. The van der Waals surface area contributed by atoms with Crippen molar-refractivity contribution in [3.05, 3.63) is 42.0 Å². The molecule has 0 atom stereocenters. The molecule has 110 valence electrons. The Kier molecular flexibility index (Phi) is 5.77. The molecule has 1 aromatic rings. The van der Waals surface area contributed by atoms with Gasteiger partial charge in [-0.25, -0.2) is 4.79 Å². The van der Waals surface area contributed by atoms with E-state index in [1.54, 1.807) is 13.0 Å². The maximum absolute atomic E-state index is 11.2. The minimum absolute atomic E-state index is 0.326. The Hall–Kier alpha value is -1.81. The Bertz CT molecular complexity index is 480. The average Bonchev–Trinajstić information content (AvgIpc) is 2.37. The van der Waals surface area contributed by atoms with E-state index in [1.807, 2.05) is 18.2 Å². The fourth-order valence-corrected chi connectivity index (χ4v) is 1.97. The Morgan fingerprint density at radius 3 is 2.60 bits per heavy atom. The molecule has 0 heterocycles. The second-order valence-corrected chi connectivity index (χ2v) is 5.72. The van der Waals surface area contributed by atoms with Crippen molar-refractivity contribution in [1.29, 1.82) is 0 Å². The van der Waals surface area contributed by atoms with Gasteiger partial charge in [-0.3, -0.25) is 0 Å². The first-order chi connectivity index (χ1) is 9.32. The van der Waals surface area contributed by atoms with Crippen LogP contribution in [-0.4, -0.2) is 42.8 Å². The fourth-order valence-electron chi connectivity index (χ4n) is 1.97. The van der Waals surface area contributed by atoms with Crippen LogP contribution in [0.15, 0.2) is 36.4 Å². The molecule has 0 saturated carbocycles. The zero-order chi connectivity index (χ0) is 15.2. The second-order valence-electron chi connectivity index (χ2n) is 5.72. The number of hydrogen-bond acceptors (Lipinski definition) is 3. The van der Waals surface area contributed by atoms with Gasteiger partial charge in [-0.15, -0.1) is 0 Å². The van der Waals surface area contributed by atoms with Crippen LogP contribution in [0.4, 0.5) is 0 Å². The smallest absolute Gasteiger partial charge is 0.333 e. The van der Waals surface area contributed by atoms with Crippen molar-refractivity contribution in [2.75, 3.05) is 27.2 Å². The van der Waals surface area contributed by atoms with Gasteiger partial charge in [-0.1, -0.05) is 18.7 Å². The third-order valence-electron chi connectivity index (χ3n) is 3.08. The molecule has 0 unspecified atom stereocenters. The summed E-state index contributed by atoms with van der Waals surface area (Å²) in [5, 5.41) is 9.79. The molecular formula is C16H24NO3+. The quantitative estimate of drug-likeness (QED) is 0.361. The highest BCUT2D eigenvalue weighted by Gasteiger charge is 2.17. The van der Waals surface area contributed by atoms with Crippen LogP contribution in [0.1, 0.15) is 18.9 Å². The number of esters is 1. The van der Waals surface area contributed by atoms with E-state index in [-0.39, 0.29) is 5.97 Å². The molecule has 0 aromatic heterocycles. The van der Waals surface area contributed by atoms with Gasteiger partial charge in [0.2, 0.25) is 0 Å². The molecule has 0 aliphatic heterocycles. The number of phenolic OH excluding ortho intramolecular Hbond substituents is 1. The summed E-state index contributed by atoms with van der Waals surface area (Å²) in [5.41, 5.74) is 1.35. The molecule has 0 fully saturated rings. The average molecular weight is 278 g/mol. The van der Waals surface area contributed by atoms with Crippen LogP contribution >= 0.6 is 0 Å². The normalized spacial score (nSPS) is 11.2. The van der Waals surface area contributed by atoms with E-state index in [0.717, 1.165) is 29.6 Å². The van der Waals surface area contributed by atoms with Crippen molar-refractivity contribution in [2.45, 2.75) is 19.9 Å². The summed E-state index contributed by atoms with van der Waals surface area (Å²) in [6, 6.07) is 7.36. The number of aromatic hydroxyl groups is 1. The zero-order valence-electron chi connectivity index (χ0n) is 12.6. The van der Waals surface area contributed by atoms with Crippen LogP contribution in [0, 0.1) is 0 Å². The number of para-hydroxylation sites is 1. The van der Waals surface area contributed by atoms with Crippen molar-refractivity contribution in [3.63, 3.8) is 0 Å². The highest BCUT2D eigenvalue weighted by Crippen LogP contribution is 2.19. The minimum Gasteiger partial charge on any atom is -0.507 e. The number of carbonyl (C=O) groups is 1. The second kappa shape index (κ2) is 7.10. The van der Waals surface area contributed by atoms with Gasteiger partial charge in [-0.2, -0.15) is 0 Å². The van der Waals surface area contributed by atoms with Crippen molar-refractivity contribution < 1.29 is 19.1 Å². The van der Waals surface area contributed by atoms with Crippen molar-refractivity contribution in [3.8, 4) is 5.75 Å². The van der Waals surface area contributed by atoms with Crippen LogP contribution in [0.3, 0.4) is 0 Å². The first-order valence-electron chi connectivity index (χ1n) is 6.73.